The van der Waals surface area contributed by atoms with E-state index in [1.165, 1.54) is 11.3 Å². The number of methoxy groups -OCH3 is 2. The molecule has 8 amide bonds. The van der Waals surface area contributed by atoms with Crippen molar-refractivity contribution < 1.29 is 62.2 Å². The average Bonchev–Trinajstić information content (AvgIpc) is 2.36. The van der Waals surface area contributed by atoms with Crippen molar-refractivity contribution in [1.82, 2.24) is 35.6 Å². The Morgan fingerprint density at radius 1 is 0.899 bits per heavy atom. The van der Waals surface area contributed by atoms with E-state index in [1.54, 1.807) is 65.3 Å². The number of fused-ring (bicyclic) bond motifs is 2. The van der Waals surface area contributed by atoms with Gasteiger partial charge in [-0.05, 0) is 92.7 Å². The molecule has 3 aliphatic heterocycles. The first-order valence-electron chi connectivity index (χ1n) is 32.4. The number of nitrogens with one attached hydrogen (secondary N) is 4. The van der Waals surface area contributed by atoms with Crippen molar-refractivity contribution in [3.63, 3.8) is 0 Å². The van der Waals surface area contributed by atoms with Crippen molar-refractivity contribution in [3.8, 4) is 0 Å². The fourth-order valence-electron chi connectivity index (χ4n) is 13.8. The Hall–Kier alpha value is -6.01. The molecule has 23 heteroatoms. The van der Waals surface area contributed by atoms with Crippen LogP contribution in [-0.2, 0) is 63.8 Å². The number of hydrogen-bond donors (Lipinski definition) is 5. The number of thiazole rings is 1. The molecular formula is C66H101N9O13S. The van der Waals surface area contributed by atoms with E-state index in [9.17, 15) is 47.9 Å². The summed E-state index contributed by atoms with van der Waals surface area (Å²) in [5.74, 6) is -4.63. The molecule has 1 saturated carbocycles. The summed E-state index contributed by atoms with van der Waals surface area (Å²) in [6, 6.07) is 4.98. The lowest BCUT2D eigenvalue weighted by Crippen LogP contribution is -2.54. The minimum absolute atomic E-state index is 0.00336. The number of primary amides is 1. The predicted octanol–water partition coefficient (Wildman–Crippen LogP) is 6.63. The second-order valence-electron chi connectivity index (χ2n) is 26.1. The van der Waals surface area contributed by atoms with E-state index in [-0.39, 0.29) is 154 Å². The molecule has 1 aliphatic carbocycles. The summed E-state index contributed by atoms with van der Waals surface area (Å²) in [7, 11) is 4.94. The van der Waals surface area contributed by atoms with Crippen molar-refractivity contribution in [3.05, 3.63) is 46.4 Å². The van der Waals surface area contributed by atoms with E-state index in [4.69, 9.17) is 19.9 Å². The van der Waals surface area contributed by atoms with E-state index in [0.29, 0.717) is 43.5 Å². The van der Waals surface area contributed by atoms with E-state index in [1.807, 2.05) is 43.2 Å². The van der Waals surface area contributed by atoms with Crippen molar-refractivity contribution in [1.29, 1.82) is 0 Å². The second-order valence-corrected chi connectivity index (χ2v) is 27.0. The number of anilines is 1. The van der Waals surface area contributed by atoms with Crippen LogP contribution < -0.4 is 27.0 Å². The Morgan fingerprint density at radius 2 is 1.63 bits per heavy atom. The number of carbonyl (C=O) groups excluding carboxylic acids is 10. The van der Waals surface area contributed by atoms with E-state index in [0.717, 1.165) is 47.6 Å². The van der Waals surface area contributed by atoms with Crippen LogP contribution in [-0.4, -0.2) is 175 Å². The van der Waals surface area contributed by atoms with Crippen LogP contribution in [0.1, 0.15) is 162 Å². The second kappa shape index (κ2) is 34.4. The molecule has 4 heterocycles. The van der Waals surface area contributed by atoms with Gasteiger partial charge in [-0.25, -0.2) is 9.78 Å². The maximum absolute atomic E-state index is 14.6. The number of rotatable bonds is 38. The molecule has 2 bridgehead atoms. The minimum atomic E-state index is -0.909. The third-order valence-corrected chi connectivity index (χ3v) is 20.1. The molecular weight excluding hydrogens is 1160 g/mol. The first-order chi connectivity index (χ1) is 42.4. The quantitative estimate of drug-likeness (QED) is 0.0348. The Balaban J connectivity index is 1.06. The molecule has 2 aromatic rings. The molecule has 4 aliphatic rings. The van der Waals surface area contributed by atoms with E-state index in [2.05, 4.69) is 40.1 Å². The lowest BCUT2D eigenvalue weighted by molar-refractivity contribution is -0.149. The summed E-state index contributed by atoms with van der Waals surface area (Å²) in [4.78, 5) is 144. The molecule has 1 aromatic carbocycles. The highest BCUT2D eigenvalue weighted by atomic mass is 32.1. The molecule has 3 saturated heterocycles. The van der Waals surface area contributed by atoms with Gasteiger partial charge in [-0.2, -0.15) is 0 Å². The first kappa shape index (κ1) is 72.1. The average molecular weight is 1260 g/mol. The summed E-state index contributed by atoms with van der Waals surface area (Å²) in [5, 5.41) is 14.4. The number of ether oxygens (including phenoxy) is 3. The molecule has 4 fully saturated rings. The fourth-order valence-corrected chi connectivity index (χ4v) is 14.5. The number of piperidine rings is 1. The van der Waals surface area contributed by atoms with Crippen LogP contribution in [0.2, 0.25) is 0 Å². The van der Waals surface area contributed by atoms with Gasteiger partial charge >= 0.3 is 6.03 Å². The van der Waals surface area contributed by atoms with Crippen LogP contribution in [0.25, 0.3) is 0 Å². The zero-order valence-corrected chi connectivity index (χ0v) is 55.2. The van der Waals surface area contributed by atoms with Gasteiger partial charge in [-0.3, -0.25) is 48.1 Å². The lowest BCUT2D eigenvalue weighted by Gasteiger charge is -2.41. The standard InChI is InChI=1S/C66H101N9O13S/c1-12-40(6)60(73(9)65(84)49(38(2)3)36-53(78)59-44-19-22-48(33-44)70-59)54(86-10)37-57(81)74-26-14-16-50(74)61(87-11)42(8)51(76)35-46(63-68-25-30-89-63)32-43-17-20-47(21-18-43)71-62(82)45(15-13-24-69-66(67)85)34-52(77)58(39(4)5)72-55(79)23-28-88-29-27-75-56(80)31-41(7)64(75)83/h17-18,20-21,25,30,38-42,44-46,48-50,54,58-61,70H,12-16,19,22-24,26-29,31-37H2,1-11H3,(H,71,82)(H,72,79)(H3,67,69,85)/t40-,41?,42-,44-,45+,46+,48-,49-,50-,54+,58-,59-,60-,61+/m0/s1. The van der Waals surface area contributed by atoms with Crippen molar-refractivity contribution in [2.75, 3.05) is 59.4 Å². The summed E-state index contributed by atoms with van der Waals surface area (Å²) >= 11 is 1.46. The lowest BCUT2D eigenvalue weighted by atomic mass is 9.83. The van der Waals surface area contributed by atoms with E-state index >= 15 is 0 Å². The Morgan fingerprint density at radius 3 is 2.21 bits per heavy atom. The third kappa shape index (κ3) is 19.7. The summed E-state index contributed by atoms with van der Waals surface area (Å²) in [6.07, 6.45) is 6.93. The predicted molar refractivity (Wildman–Crippen MR) is 338 cm³/mol. The highest BCUT2D eigenvalue weighted by Crippen LogP contribution is 2.38. The number of carbonyl (C=O) groups is 10. The first-order valence-corrected chi connectivity index (χ1v) is 33.2. The monoisotopic (exact) mass is 1260 g/mol. The van der Waals surface area contributed by atoms with Gasteiger partial charge in [-0.15, -0.1) is 11.3 Å². The summed E-state index contributed by atoms with van der Waals surface area (Å²) in [5.41, 5.74) is 6.65. The largest absolute Gasteiger partial charge is 0.379 e. The SMILES string of the molecule is CC[C@H](C)[C@@H]([C@@H](CC(=O)N1CCC[C@H]1[C@H](OC)[C@@H](C)C(=O)C[C@@H](Cc1ccc(NC(=O)[C@H](CCCNC(N)=O)CC(=O)[C@@H](NC(=O)CCOCCN2C(=O)CC(C)C2=O)C(C)C)cc1)c1nccs1)OC)N(C)C(=O)[C@@H](CC(=O)[C@H]1N[C@H]2CC[C@H]1C2)C(C)C. The molecule has 6 rings (SSSR count). The van der Waals surface area contributed by atoms with Gasteiger partial charge in [0.05, 0.1) is 67.6 Å². The zero-order valence-electron chi connectivity index (χ0n) is 54.4. The van der Waals surface area contributed by atoms with Gasteiger partial charge in [0.15, 0.2) is 11.6 Å². The number of ketones is 3. The Labute approximate surface area is 530 Å². The zero-order chi connectivity index (χ0) is 65.2. The molecule has 6 N–H and O–H groups in total. The number of nitrogens with two attached hydrogens (primary N) is 1. The number of aromatic nitrogens is 1. The fraction of sp³-hybridized carbons (Fsp3) is 0.712. The molecule has 1 unspecified atom stereocenters. The molecule has 0 radical (unpaired) electrons. The summed E-state index contributed by atoms with van der Waals surface area (Å²) < 4.78 is 17.9. The Kier molecular flexibility index (Phi) is 27.9. The number of hydrogen-bond acceptors (Lipinski definition) is 16. The summed E-state index contributed by atoms with van der Waals surface area (Å²) in [6.45, 7) is 16.1. The minimum Gasteiger partial charge on any atom is -0.379 e. The van der Waals surface area contributed by atoms with Crippen LogP contribution in [0.3, 0.4) is 0 Å². The number of imide groups is 1. The highest BCUT2D eigenvalue weighted by molar-refractivity contribution is 7.09. The van der Waals surface area contributed by atoms with Crippen LogP contribution in [0.15, 0.2) is 35.8 Å². The normalized spacial score (nSPS) is 22.1. The number of likely N-dealkylation sites (N-methyl/N-ethyl adjacent to an activating group) is 1. The number of amides is 8. The van der Waals surface area contributed by atoms with Crippen LogP contribution in [0, 0.1) is 47.3 Å². The molecule has 1 aromatic heterocycles. The maximum atomic E-state index is 14.6. The Bertz CT molecular complexity index is 2730. The van der Waals surface area contributed by atoms with Gasteiger partial charge < -0.3 is 51.0 Å². The molecule has 22 nitrogen and oxygen atoms in total. The smallest absolute Gasteiger partial charge is 0.312 e. The van der Waals surface area contributed by atoms with Gasteiger partial charge in [0.25, 0.3) is 0 Å². The maximum Gasteiger partial charge on any atom is 0.312 e. The van der Waals surface area contributed by atoms with Crippen LogP contribution in [0.4, 0.5) is 10.5 Å². The number of urea groups is 1. The molecule has 0 spiro atoms. The highest BCUT2D eigenvalue weighted by Gasteiger charge is 2.46. The number of benzene rings is 1. The van der Waals surface area contributed by atoms with Gasteiger partial charge in [-0.1, -0.05) is 73.9 Å². The topological polar surface area (TPSA) is 295 Å². The van der Waals surface area contributed by atoms with Gasteiger partial charge in [0, 0.05) is 119 Å². The molecule has 89 heavy (non-hydrogen) atoms. The molecule has 14 atom stereocenters. The van der Waals surface area contributed by atoms with Crippen LogP contribution >= 0.6 is 11.3 Å². The number of likely N-dealkylation sites (tertiary alicyclic amines) is 2. The van der Waals surface area contributed by atoms with Gasteiger partial charge in [0.1, 0.15) is 5.78 Å². The molecule has 494 valence electrons. The van der Waals surface area contributed by atoms with Crippen molar-refractivity contribution in [2.45, 2.75) is 200 Å². The third-order valence-electron chi connectivity index (χ3n) is 19.1. The van der Waals surface area contributed by atoms with Gasteiger partial charge in [0.2, 0.25) is 35.4 Å². The van der Waals surface area contributed by atoms with Crippen molar-refractivity contribution >= 4 is 75.8 Å². The van der Waals surface area contributed by atoms with Crippen molar-refractivity contribution in [2.24, 2.45) is 53.1 Å². The number of nitrogens with zero attached hydrogens (tertiary/aromatic N) is 4. The van der Waals surface area contributed by atoms with E-state index < -0.39 is 59.9 Å². The van der Waals surface area contributed by atoms with Crippen LogP contribution in [0.5, 0.6) is 0 Å². The number of Topliss-reactive ketones (excluding diaryl/α,β-unsaturated/α-hetero) is 3.